The van der Waals surface area contributed by atoms with Crippen LogP contribution in [0.5, 0.6) is 0 Å². The Morgan fingerprint density at radius 3 is 2.74 bits per heavy atom. The third kappa shape index (κ3) is 3.42. The summed E-state index contributed by atoms with van der Waals surface area (Å²) < 4.78 is 26.7. The van der Waals surface area contributed by atoms with Crippen LogP contribution in [0, 0.1) is 0 Å². The van der Waals surface area contributed by atoms with E-state index in [9.17, 15) is 13.2 Å². The summed E-state index contributed by atoms with van der Waals surface area (Å²) in [5.41, 5.74) is 0.337. The van der Waals surface area contributed by atoms with Crippen molar-refractivity contribution in [2.45, 2.75) is 17.9 Å². The maximum atomic E-state index is 12.6. The first-order valence-electron chi connectivity index (χ1n) is 7.78. The number of nitrogens with zero attached hydrogens (tertiary/aromatic N) is 2. The van der Waals surface area contributed by atoms with Crippen molar-refractivity contribution in [3.63, 3.8) is 0 Å². The van der Waals surface area contributed by atoms with Gasteiger partial charge in [0.1, 0.15) is 10.6 Å². The number of thioether (sulfide) groups is 1. The Morgan fingerprint density at radius 2 is 2.04 bits per heavy atom. The molecule has 2 fully saturated rings. The van der Waals surface area contributed by atoms with Gasteiger partial charge < -0.3 is 15.2 Å². The minimum absolute atomic E-state index is 0.0960. The van der Waals surface area contributed by atoms with Gasteiger partial charge in [-0.25, -0.2) is 8.42 Å². The van der Waals surface area contributed by atoms with Crippen molar-refractivity contribution >= 4 is 27.7 Å². The van der Waals surface area contributed by atoms with Crippen molar-refractivity contribution in [3.8, 4) is 0 Å². The average molecular weight is 358 g/mol. The number of rotatable bonds is 3. The molecule has 1 amide bonds. The highest BCUT2D eigenvalue weighted by Crippen LogP contribution is 2.21. The Labute approximate surface area is 140 Å². The van der Waals surface area contributed by atoms with Gasteiger partial charge in [-0.05, 0) is 13.0 Å². The number of amides is 1. The predicted octanol–water partition coefficient (Wildman–Crippen LogP) is 0.186. The third-order valence-corrected chi connectivity index (χ3v) is 7.08. The number of piperazine rings is 1. The second kappa shape index (κ2) is 6.84. The van der Waals surface area contributed by atoms with Gasteiger partial charge in [-0.3, -0.25) is 4.79 Å². The van der Waals surface area contributed by atoms with Crippen LogP contribution in [0.4, 0.5) is 0 Å². The van der Waals surface area contributed by atoms with Gasteiger partial charge in [0.15, 0.2) is 0 Å². The number of carbonyl (C=O) groups is 1. The van der Waals surface area contributed by atoms with Gasteiger partial charge >= 0.3 is 0 Å². The van der Waals surface area contributed by atoms with Crippen molar-refractivity contribution in [3.05, 3.63) is 18.0 Å². The second-order valence-electron chi connectivity index (χ2n) is 5.82. The lowest BCUT2D eigenvalue weighted by atomic mass is 10.2. The van der Waals surface area contributed by atoms with Crippen molar-refractivity contribution in [2.75, 3.05) is 44.2 Å². The van der Waals surface area contributed by atoms with E-state index in [1.807, 2.05) is 6.92 Å². The summed E-state index contributed by atoms with van der Waals surface area (Å²) in [5, 5.41) is 3.23. The van der Waals surface area contributed by atoms with Gasteiger partial charge in [0, 0.05) is 56.5 Å². The van der Waals surface area contributed by atoms with Crippen LogP contribution in [0.2, 0.25) is 0 Å². The number of hydrogen-bond acceptors (Lipinski definition) is 5. The molecule has 2 aliphatic heterocycles. The molecule has 0 bridgehead atoms. The zero-order valence-corrected chi connectivity index (χ0v) is 14.8. The molecule has 0 unspecified atom stereocenters. The predicted molar refractivity (Wildman–Crippen MR) is 90.2 cm³/mol. The fourth-order valence-electron chi connectivity index (χ4n) is 2.88. The molecule has 1 aromatic heterocycles. The van der Waals surface area contributed by atoms with Gasteiger partial charge in [-0.2, -0.15) is 16.1 Å². The van der Waals surface area contributed by atoms with Gasteiger partial charge in [-0.1, -0.05) is 0 Å². The SMILES string of the molecule is C[C@@H]1CNCCN1C(=O)c1cc(S(=O)(=O)N2CCSCC2)c[nH]1. The molecule has 0 aromatic carbocycles. The van der Waals surface area contributed by atoms with E-state index in [2.05, 4.69) is 10.3 Å². The molecule has 3 rings (SSSR count). The van der Waals surface area contributed by atoms with Crippen LogP contribution < -0.4 is 5.32 Å². The van der Waals surface area contributed by atoms with Crippen LogP contribution in [-0.2, 0) is 10.0 Å². The monoisotopic (exact) mass is 358 g/mol. The zero-order valence-electron chi connectivity index (χ0n) is 13.1. The highest BCUT2D eigenvalue weighted by molar-refractivity contribution is 7.99. The van der Waals surface area contributed by atoms with E-state index in [0.29, 0.717) is 25.3 Å². The smallest absolute Gasteiger partial charge is 0.270 e. The summed E-state index contributed by atoms with van der Waals surface area (Å²) in [6, 6.07) is 1.56. The van der Waals surface area contributed by atoms with Gasteiger partial charge in [-0.15, -0.1) is 0 Å². The fourth-order valence-corrected chi connectivity index (χ4v) is 5.45. The molecule has 0 aliphatic carbocycles. The molecule has 128 valence electrons. The quantitative estimate of drug-likeness (QED) is 0.805. The number of carbonyl (C=O) groups excluding carboxylic acids is 1. The maximum absolute atomic E-state index is 12.6. The number of sulfonamides is 1. The van der Waals surface area contributed by atoms with E-state index in [4.69, 9.17) is 0 Å². The van der Waals surface area contributed by atoms with Crippen molar-refractivity contribution in [1.29, 1.82) is 0 Å². The molecule has 9 heteroatoms. The van der Waals surface area contributed by atoms with Gasteiger partial charge in [0.25, 0.3) is 5.91 Å². The average Bonchev–Trinajstić information content (AvgIpc) is 3.06. The van der Waals surface area contributed by atoms with Gasteiger partial charge in [0.2, 0.25) is 10.0 Å². The van der Waals surface area contributed by atoms with Crippen LogP contribution in [-0.4, -0.2) is 78.8 Å². The summed E-state index contributed by atoms with van der Waals surface area (Å²) in [4.78, 5) is 17.4. The maximum Gasteiger partial charge on any atom is 0.270 e. The fraction of sp³-hybridized carbons (Fsp3) is 0.643. The molecule has 3 heterocycles. The van der Waals surface area contributed by atoms with E-state index in [1.165, 1.54) is 16.6 Å². The third-order valence-electron chi connectivity index (χ3n) is 4.26. The largest absolute Gasteiger partial charge is 0.356 e. The minimum Gasteiger partial charge on any atom is -0.356 e. The Hall–Kier alpha value is -1.03. The van der Waals surface area contributed by atoms with Crippen LogP contribution in [0.1, 0.15) is 17.4 Å². The van der Waals surface area contributed by atoms with Crippen LogP contribution in [0.25, 0.3) is 0 Å². The molecule has 0 spiro atoms. The Kier molecular flexibility index (Phi) is 5.00. The van der Waals surface area contributed by atoms with Crippen molar-refractivity contribution in [2.24, 2.45) is 0 Å². The minimum atomic E-state index is -3.51. The van der Waals surface area contributed by atoms with E-state index in [1.54, 1.807) is 16.7 Å². The van der Waals surface area contributed by atoms with E-state index >= 15 is 0 Å². The lowest BCUT2D eigenvalue weighted by molar-refractivity contribution is 0.0650. The number of hydrogen-bond donors (Lipinski definition) is 2. The molecule has 2 N–H and O–H groups in total. The van der Waals surface area contributed by atoms with Crippen LogP contribution >= 0.6 is 11.8 Å². The lowest BCUT2D eigenvalue weighted by Gasteiger charge is -2.33. The Morgan fingerprint density at radius 1 is 1.30 bits per heavy atom. The summed E-state index contributed by atoms with van der Waals surface area (Å²) in [5.74, 6) is 1.48. The zero-order chi connectivity index (χ0) is 16.4. The first-order chi connectivity index (χ1) is 11.0. The number of aromatic amines is 1. The normalized spacial score (nSPS) is 23.9. The molecular weight excluding hydrogens is 336 g/mol. The Bertz CT molecular complexity index is 667. The lowest BCUT2D eigenvalue weighted by Crippen LogP contribution is -2.52. The molecular formula is C14H22N4O3S2. The first-order valence-corrected chi connectivity index (χ1v) is 10.4. The molecule has 7 nitrogen and oxygen atoms in total. The van der Waals surface area contributed by atoms with Crippen molar-refractivity contribution in [1.82, 2.24) is 19.5 Å². The van der Waals surface area contributed by atoms with E-state index < -0.39 is 10.0 Å². The molecule has 0 radical (unpaired) electrons. The second-order valence-corrected chi connectivity index (χ2v) is 8.98. The first kappa shape index (κ1) is 16.8. The standard InChI is InChI=1S/C14H22N4O3S2/c1-11-9-15-2-3-18(11)14(19)13-8-12(10-16-13)23(20,21)17-4-6-22-7-5-17/h8,10-11,15-16H,2-7,9H2,1H3/t11-/m1/s1. The van der Waals surface area contributed by atoms with Crippen molar-refractivity contribution < 1.29 is 13.2 Å². The molecule has 1 atom stereocenters. The molecule has 1 aromatic rings. The summed E-state index contributed by atoms with van der Waals surface area (Å²) in [6.07, 6.45) is 1.43. The van der Waals surface area contributed by atoms with Crippen LogP contribution in [0.3, 0.4) is 0 Å². The summed E-state index contributed by atoms with van der Waals surface area (Å²) >= 11 is 1.76. The molecule has 2 aliphatic rings. The van der Waals surface area contributed by atoms with E-state index in [-0.39, 0.29) is 16.8 Å². The van der Waals surface area contributed by atoms with Gasteiger partial charge in [0.05, 0.1) is 0 Å². The summed E-state index contributed by atoms with van der Waals surface area (Å²) in [6.45, 7) is 5.17. The molecule has 0 saturated carbocycles. The van der Waals surface area contributed by atoms with E-state index in [0.717, 1.165) is 24.6 Å². The number of aromatic nitrogens is 1. The molecule has 23 heavy (non-hydrogen) atoms. The molecule has 2 saturated heterocycles. The number of nitrogens with one attached hydrogen (secondary N) is 2. The number of H-pyrrole nitrogens is 1. The highest BCUT2D eigenvalue weighted by atomic mass is 32.2. The van der Waals surface area contributed by atoms with Crippen LogP contribution in [0.15, 0.2) is 17.2 Å². The highest BCUT2D eigenvalue weighted by Gasteiger charge is 2.30. The Balaban J connectivity index is 1.78. The topological polar surface area (TPSA) is 85.5 Å². The summed E-state index contributed by atoms with van der Waals surface area (Å²) in [7, 11) is -3.51.